The number of piperazine rings is 1. The lowest BCUT2D eigenvalue weighted by Gasteiger charge is -2.33. The largest absolute Gasteiger partial charge is 0.397 e. The van der Waals surface area contributed by atoms with Crippen molar-refractivity contribution in [3.8, 4) is 0 Å². The van der Waals surface area contributed by atoms with Crippen LogP contribution in [0, 0.1) is 0 Å². The molecule has 0 bridgehead atoms. The number of nitrogens with one attached hydrogen (secondary N) is 1. The molecule has 1 aromatic heterocycles. The van der Waals surface area contributed by atoms with E-state index in [-0.39, 0.29) is 23.2 Å². The van der Waals surface area contributed by atoms with Crippen LogP contribution in [0.2, 0.25) is 0 Å². The number of aromatic nitrogens is 1. The van der Waals surface area contributed by atoms with E-state index in [1.54, 1.807) is 6.92 Å². The molecule has 2 heterocycles. The van der Waals surface area contributed by atoms with E-state index in [1.165, 1.54) is 12.3 Å². The number of amides is 2. The van der Waals surface area contributed by atoms with Crippen molar-refractivity contribution in [1.82, 2.24) is 10.3 Å². The molecular formula is C11H15N5O2. The van der Waals surface area contributed by atoms with Gasteiger partial charge in [0.1, 0.15) is 11.9 Å². The summed E-state index contributed by atoms with van der Waals surface area (Å²) in [7, 11) is 0. The zero-order valence-corrected chi connectivity index (χ0v) is 10.0. The number of nitrogens with zero attached hydrogens (tertiary/aromatic N) is 2. The molecule has 0 spiro atoms. The number of nitrogens with two attached hydrogens (primary N) is 2. The van der Waals surface area contributed by atoms with E-state index in [9.17, 15) is 9.59 Å². The van der Waals surface area contributed by atoms with Crippen molar-refractivity contribution in [2.75, 3.05) is 23.7 Å². The van der Waals surface area contributed by atoms with Crippen LogP contribution in [0.15, 0.2) is 12.3 Å². The summed E-state index contributed by atoms with van der Waals surface area (Å²) >= 11 is 0. The van der Waals surface area contributed by atoms with Gasteiger partial charge in [0.25, 0.3) is 5.91 Å². The van der Waals surface area contributed by atoms with Gasteiger partial charge in [0, 0.05) is 13.1 Å². The Hall–Kier alpha value is -2.31. The smallest absolute Gasteiger partial charge is 0.250 e. The van der Waals surface area contributed by atoms with Crippen LogP contribution in [0.4, 0.5) is 11.5 Å². The third kappa shape index (κ3) is 2.06. The third-order valence-corrected chi connectivity index (χ3v) is 2.98. The molecule has 0 aliphatic carbocycles. The molecule has 1 aliphatic heterocycles. The van der Waals surface area contributed by atoms with E-state index >= 15 is 0 Å². The van der Waals surface area contributed by atoms with Crippen LogP contribution in [0.25, 0.3) is 0 Å². The number of hydrogen-bond acceptors (Lipinski definition) is 5. The number of carbonyl (C=O) groups is 2. The normalized spacial score (nSPS) is 19.5. The number of nitrogen functional groups attached to an aromatic ring is 1. The maximum absolute atomic E-state index is 11.6. The Morgan fingerprint density at radius 3 is 3.00 bits per heavy atom. The summed E-state index contributed by atoms with van der Waals surface area (Å²) in [5, 5.41) is 2.76. The summed E-state index contributed by atoms with van der Waals surface area (Å²) in [4.78, 5) is 28.7. The van der Waals surface area contributed by atoms with Gasteiger partial charge in [0.05, 0.1) is 17.4 Å². The van der Waals surface area contributed by atoms with E-state index in [0.29, 0.717) is 18.9 Å². The molecule has 1 fully saturated rings. The molecule has 1 aromatic rings. The summed E-state index contributed by atoms with van der Waals surface area (Å²) in [5.74, 6) is -0.147. The summed E-state index contributed by atoms with van der Waals surface area (Å²) in [5.41, 5.74) is 11.3. The van der Waals surface area contributed by atoms with E-state index in [2.05, 4.69) is 10.3 Å². The molecule has 1 atom stereocenters. The first kappa shape index (κ1) is 12.2. The zero-order valence-electron chi connectivity index (χ0n) is 10.0. The highest BCUT2D eigenvalue weighted by molar-refractivity contribution is 5.98. The van der Waals surface area contributed by atoms with Crippen molar-refractivity contribution in [3.05, 3.63) is 17.8 Å². The van der Waals surface area contributed by atoms with Gasteiger partial charge in [-0.2, -0.15) is 0 Å². The van der Waals surface area contributed by atoms with Crippen molar-refractivity contribution in [2.45, 2.75) is 13.0 Å². The first-order valence-corrected chi connectivity index (χ1v) is 5.60. The van der Waals surface area contributed by atoms with Crippen LogP contribution in [-0.4, -0.2) is 35.9 Å². The SMILES string of the molecule is CC1C(=O)NCCN1c1cc(C(N)=O)c(N)cn1. The molecule has 5 N–H and O–H groups in total. The quantitative estimate of drug-likeness (QED) is 0.627. The predicted molar refractivity (Wildman–Crippen MR) is 67.0 cm³/mol. The minimum Gasteiger partial charge on any atom is -0.397 e. The fourth-order valence-electron chi connectivity index (χ4n) is 1.92. The standard InChI is InChI=1S/C11H15N5O2/c1-6-11(18)14-2-3-16(6)9-4-7(10(13)17)8(12)5-15-9/h4-6H,2-3,12H2,1H3,(H2,13,17)(H,14,18). The Labute approximate surface area is 104 Å². The molecule has 1 aliphatic rings. The Bertz CT molecular complexity index is 502. The maximum atomic E-state index is 11.6. The van der Waals surface area contributed by atoms with Crippen LogP contribution in [0.1, 0.15) is 17.3 Å². The van der Waals surface area contributed by atoms with Crippen LogP contribution >= 0.6 is 0 Å². The van der Waals surface area contributed by atoms with Crippen LogP contribution in [0.5, 0.6) is 0 Å². The topological polar surface area (TPSA) is 114 Å². The molecule has 96 valence electrons. The Morgan fingerprint density at radius 2 is 2.33 bits per heavy atom. The van der Waals surface area contributed by atoms with Crippen molar-refractivity contribution >= 4 is 23.3 Å². The highest BCUT2D eigenvalue weighted by atomic mass is 16.2. The van der Waals surface area contributed by atoms with Crippen LogP contribution in [0.3, 0.4) is 0 Å². The summed E-state index contributed by atoms with van der Waals surface area (Å²) < 4.78 is 0. The van der Waals surface area contributed by atoms with E-state index < -0.39 is 5.91 Å². The summed E-state index contributed by atoms with van der Waals surface area (Å²) in [6, 6.07) is 1.18. The molecule has 0 aromatic carbocycles. The number of hydrogen-bond donors (Lipinski definition) is 3. The highest BCUT2D eigenvalue weighted by Gasteiger charge is 2.27. The fraction of sp³-hybridized carbons (Fsp3) is 0.364. The number of carbonyl (C=O) groups excluding carboxylic acids is 2. The lowest BCUT2D eigenvalue weighted by molar-refractivity contribution is -0.122. The third-order valence-electron chi connectivity index (χ3n) is 2.98. The number of pyridine rings is 1. The first-order valence-electron chi connectivity index (χ1n) is 5.60. The average Bonchev–Trinajstić information content (AvgIpc) is 2.33. The van der Waals surface area contributed by atoms with Gasteiger partial charge in [-0.1, -0.05) is 0 Å². The maximum Gasteiger partial charge on any atom is 0.250 e. The van der Waals surface area contributed by atoms with Crippen molar-refractivity contribution in [3.63, 3.8) is 0 Å². The number of primary amides is 1. The second-order valence-electron chi connectivity index (χ2n) is 4.15. The number of anilines is 2. The zero-order chi connectivity index (χ0) is 13.3. The average molecular weight is 249 g/mol. The minimum absolute atomic E-state index is 0.0690. The van der Waals surface area contributed by atoms with E-state index in [4.69, 9.17) is 11.5 Å². The summed E-state index contributed by atoms with van der Waals surface area (Å²) in [6.45, 7) is 2.94. The lowest BCUT2D eigenvalue weighted by atomic mass is 10.1. The number of rotatable bonds is 2. The molecule has 1 saturated heterocycles. The minimum atomic E-state index is -0.606. The molecule has 7 heteroatoms. The lowest BCUT2D eigenvalue weighted by Crippen LogP contribution is -2.54. The van der Waals surface area contributed by atoms with E-state index in [0.717, 1.165) is 0 Å². The molecule has 1 unspecified atom stereocenters. The Balaban J connectivity index is 2.36. The molecule has 0 radical (unpaired) electrons. The highest BCUT2D eigenvalue weighted by Crippen LogP contribution is 2.20. The van der Waals surface area contributed by atoms with Gasteiger partial charge in [-0.25, -0.2) is 4.98 Å². The van der Waals surface area contributed by atoms with Gasteiger partial charge in [0.15, 0.2) is 0 Å². The molecule has 7 nitrogen and oxygen atoms in total. The van der Waals surface area contributed by atoms with E-state index in [1.807, 2.05) is 4.90 Å². The Morgan fingerprint density at radius 1 is 1.61 bits per heavy atom. The van der Waals surface area contributed by atoms with Crippen LogP contribution < -0.4 is 21.7 Å². The van der Waals surface area contributed by atoms with Gasteiger partial charge in [-0.05, 0) is 13.0 Å². The summed E-state index contributed by atoms with van der Waals surface area (Å²) in [6.07, 6.45) is 1.38. The molecule has 0 saturated carbocycles. The Kier molecular flexibility index (Phi) is 3.05. The fourth-order valence-corrected chi connectivity index (χ4v) is 1.92. The van der Waals surface area contributed by atoms with Crippen molar-refractivity contribution < 1.29 is 9.59 Å². The van der Waals surface area contributed by atoms with Gasteiger partial charge < -0.3 is 21.7 Å². The first-order chi connectivity index (χ1) is 8.50. The van der Waals surface area contributed by atoms with Gasteiger partial charge in [-0.3, -0.25) is 9.59 Å². The van der Waals surface area contributed by atoms with Gasteiger partial charge >= 0.3 is 0 Å². The molecule has 2 rings (SSSR count). The van der Waals surface area contributed by atoms with Gasteiger partial charge in [-0.15, -0.1) is 0 Å². The second kappa shape index (κ2) is 4.52. The predicted octanol–water partition coefficient (Wildman–Crippen LogP) is -0.913. The molecule has 2 amide bonds. The molecular weight excluding hydrogens is 234 g/mol. The van der Waals surface area contributed by atoms with Crippen molar-refractivity contribution in [2.24, 2.45) is 5.73 Å². The molecule has 18 heavy (non-hydrogen) atoms. The van der Waals surface area contributed by atoms with Crippen molar-refractivity contribution in [1.29, 1.82) is 0 Å². The van der Waals surface area contributed by atoms with Crippen LogP contribution in [-0.2, 0) is 4.79 Å². The second-order valence-corrected chi connectivity index (χ2v) is 4.15. The monoisotopic (exact) mass is 249 g/mol. The van der Waals surface area contributed by atoms with Gasteiger partial charge in [0.2, 0.25) is 5.91 Å².